The molecule has 1 aliphatic carbocycles. The van der Waals surface area contributed by atoms with Crippen LogP contribution in [0.25, 0.3) is 10.9 Å². The zero-order chi connectivity index (χ0) is 22.0. The number of nitrogens with one attached hydrogen (secondary N) is 2. The summed E-state index contributed by atoms with van der Waals surface area (Å²) >= 11 is 0. The minimum absolute atomic E-state index is 0.0490. The van der Waals surface area contributed by atoms with Gasteiger partial charge >= 0.3 is 0 Å². The van der Waals surface area contributed by atoms with Crippen LogP contribution in [0.15, 0.2) is 54.6 Å². The van der Waals surface area contributed by atoms with Gasteiger partial charge in [-0.15, -0.1) is 0 Å². The molecule has 0 spiro atoms. The molecule has 1 aromatic heterocycles. The number of nitrogens with two attached hydrogens (primary N) is 2. The Bertz CT molecular complexity index is 1100. The van der Waals surface area contributed by atoms with Gasteiger partial charge in [-0.2, -0.15) is 0 Å². The van der Waals surface area contributed by atoms with Crippen LogP contribution in [0, 0.1) is 5.92 Å². The lowest BCUT2D eigenvalue weighted by molar-refractivity contribution is -0.129. The minimum atomic E-state index is -0.677. The Morgan fingerprint density at radius 2 is 1.77 bits per heavy atom. The van der Waals surface area contributed by atoms with E-state index in [1.54, 1.807) is 13.0 Å². The predicted molar refractivity (Wildman–Crippen MR) is 121 cm³/mol. The van der Waals surface area contributed by atoms with Gasteiger partial charge in [0.25, 0.3) is 0 Å². The molecule has 2 amide bonds. The van der Waals surface area contributed by atoms with E-state index in [9.17, 15) is 9.59 Å². The number of carbonyl (C=O) groups excluding carboxylic acids is 2. The molecule has 0 bridgehead atoms. The van der Waals surface area contributed by atoms with Gasteiger partial charge < -0.3 is 22.1 Å². The Labute approximate surface area is 181 Å². The maximum Gasteiger partial charge on any atom is 0.242 e. The van der Waals surface area contributed by atoms with Gasteiger partial charge in [-0.1, -0.05) is 30.3 Å². The molecule has 3 aromatic rings. The fourth-order valence-corrected chi connectivity index (χ4v) is 4.08. The molecule has 6 N–H and O–H groups in total. The molecule has 0 saturated heterocycles. The first-order chi connectivity index (χ1) is 14.9. The Hall–Kier alpha value is -3.45. The van der Waals surface area contributed by atoms with Crippen molar-refractivity contribution in [3.05, 3.63) is 71.3 Å². The fraction of sp³-hybridized carbons (Fsp3) is 0.292. The molecule has 4 rings (SSSR count). The van der Waals surface area contributed by atoms with Crippen LogP contribution in [0.3, 0.4) is 0 Å². The predicted octanol–water partition coefficient (Wildman–Crippen LogP) is 1.68. The summed E-state index contributed by atoms with van der Waals surface area (Å²) < 4.78 is 0. The second kappa shape index (κ2) is 8.73. The number of pyridine rings is 1. The van der Waals surface area contributed by atoms with Gasteiger partial charge in [0.2, 0.25) is 11.8 Å². The van der Waals surface area contributed by atoms with Crippen LogP contribution < -0.4 is 22.1 Å². The maximum absolute atomic E-state index is 12.6. The Morgan fingerprint density at radius 3 is 2.48 bits per heavy atom. The van der Waals surface area contributed by atoms with Crippen molar-refractivity contribution in [1.82, 2.24) is 15.6 Å². The first-order valence-corrected chi connectivity index (χ1v) is 10.5. The van der Waals surface area contributed by atoms with Gasteiger partial charge in [0.15, 0.2) is 0 Å². The molecule has 2 aromatic carbocycles. The molecule has 160 valence electrons. The standard InChI is InChI=1S/C24H27N5O2/c1-14(28-24(31)22(26)19-11-16-4-2-3-5-17(16)12-19)23(30)27-13-15-6-8-20-18(10-15)7-9-21(25)29-20/h2-10,14,19,22H,11-13,26H2,1H3,(H2,25,29)(H,27,30)(H,28,31)/t14-,22+/m0/s1. The van der Waals surface area contributed by atoms with Gasteiger partial charge in [-0.05, 0) is 66.6 Å². The molecule has 7 nitrogen and oxygen atoms in total. The van der Waals surface area contributed by atoms with Crippen molar-refractivity contribution >= 4 is 28.5 Å². The topological polar surface area (TPSA) is 123 Å². The highest BCUT2D eigenvalue weighted by Gasteiger charge is 2.31. The Morgan fingerprint density at radius 1 is 1.06 bits per heavy atom. The molecule has 31 heavy (non-hydrogen) atoms. The molecular formula is C24H27N5O2. The normalized spacial score (nSPS) is 15.3. The highest BCUT2D eigenvalue weighted by molar-refractivity contribution is 5.89. The summed E-state index contributed by atoms with van der Waals surface area (Å²) in [6.07, 6.45) is 1.57. The number of amides is 2. The second-order valence-corrected chi connectivity index (χ2v) is 8.17. The summed E-state index contributed by atoms with van der Waals surface area (Å²) in [6.45, 7) is 2.01. The summed E-state index contributed by atoms with van der Waals surface area (Å²) in [5, 5.41) is 6.57. The maximum atomic E-state index is 12.6. The largest absolute Gasteiger partial charge is 0.384 e. The SMILES string of the molecule is C[C@H](NC(=O)[C@H](N)C1Cc2ccccc2C1)C(=O)NCc1ccc2nc(N)ccc2c1. The highest BCUT2D eigenvalue weighted by Crippen LogP contribution is 2.28. The second-order valence-electron chi connectivity index (χ2n) is 8.17. The van der Waals surface area contributed by atoms with Crippen LogP contribution in [-0.2, 0) is 29.0 Å². The zero-order valence-electron chi connectivity index (χ0n) is 17.5. The molecule has 1 heterocycles. The van der Waals surface area contributed by atoms with Crippen molar-refractivity contribution in [2.45, 2.75) is 38.4 Å². The zero-order valence-corrected chi connectivity index (χ0v) is 17.5. The summed E-state index contributed by atoms with van der Waals surface area (Å²) in [7, 11) is 0. The number of hydrogen-bond donors (Lipinski definition) is 4. The lowest BCUT2D eigenvalue weighted by Gasteiger charge is -2.21. The number of aromatic nitrogens is 1. The van der Waals surface area contributed by atoms with E-state index in [1.807, 2.05) is 36.4 Å². The summed E-state index contributed by atoms with van der Waals surface area (Å²) in [5.74, 6) is -0.0358. The van der Waals surface area contributed by atoms with Gasteiger partial charge in [-0.3, -0.25) is 9.59 Å². The van der Waals surface area contributed by atoms with Crippen molar-refractivity contribution in [2.24, 2.45) is 11.7 Å². The van der Waals surface area contributed by atoms with Gasteiger partial charge in [0.1, 0.15) is 11.9 Å². The summed E-state index contributed by atoms with van der Waals surface area (Å²) in [4.78, 5) is 29.4. The molecule has 0 saturated carbocycles. The summed E-state index contributed by atoms with van der Waals surface area (Å²) in [5.41, 5.74) is 16.2. The van der Waals surface area contributed by atoms with Crippen LogP contribution in [0.4, 0.5) is 5.82 Å². The minimum Gasteiger partial charge on any atom is -0.384 e. The van der Waals surface area contributed by atoms with Crippen LogP contribution in [0.5, 0.6) is 0 Å². The van der Waals surface area contributed by atoms with Crippen LogP contribution in [0.1, 0.15) is 23.6 Å². The van der Waals surface area contributed by atoms with E-state index < -0.39 is 12.1 Å². The lowest BCUT2D eigenvalue weighted by atomic mass is 9.96. The van der Waals surface area contributed by atoms with Crippen molar-refractivity contribution in [2.75, 3.05) is 5.73 Å². The van der Waals surface area contributed by atoms with E-state index in [0.717, 1.165) is 29.3 Å². The average Bonchev–Trinajstić information content (AvgIpc) is 3.21. The number of fused-ring (bicyclic) bond motifs is 2. The monoisotopic (exact) mass is 417 g/mol. The quantitative estimate of drug-likeness (QED) is 0.486. The molecular weight excluding hydrogens is 390 g/mol. The van der Waals surface area contributed by atoms with E-state index in [-0.39, 0.29) is 17.7 Å². The molecule has 0 unspecified atom stereocenters. The Balaban J connectivity index is 1.29. The van der Waals surface area contributed by atoms with Crippen LogP contribution in [0.2, 0.25) is 0 Å². The number of nitrogen functional groups attached to an aromatic ring is 1. The highest BCUT2D eigenvalue weighted by atomic mass is 16.2. The van der Waals surface area contributed by atoms with E-state index in [0.29, 0.717) is 12.4 Å². The van der Waals surface area contributed by atoms with Gasteiger partial charge in [0.05, 0.1) is 11.6 Å². The lowest BCUT2D eigenvalue weighted by Crippen LogP contribution is -2.52. The van der Waals surface area contributed by atoms with Crippen LogP contribution >= 0.6 is 0 Å². The van der Waals surface area contributed by atoms with E-state index in [1.165, 1.54) is 11.1 Å². The van der Waals surface area contributed by atoms with Gasteiger partial charge in [0, 0.05) is 11.9 Å². The van der Waals surface area contributed by atoms with E-state index in [4.69, 9.17) is 11.5 Å². The number of hydrogen-bond acceptors (Lipinski definition) is 5. The molecule has 0 radical (unpaired) electrons. The molecule has 0 aliphatic heterocycles. The third-order valence-electron chi connectivity index (χ3n) is 5.89. The van der Waals surface area contributed by atoms with Crippen molar-refractivity contribution in [3.8, 4) is 0 Å². The third-order valence-corrected chi connectivity index (χ3v) is 5.89. The molecule has 1 aliphatic rings. The fourth-order valence-electron chi connectivity index (χ4n) is 4.08. The van der Waals surface area contributed by atoms with Crippen molar-refractivity contribution < 1.29 is 9.59 Å². The van der Waals surface area contributed by atoms with Crippen molar-refractivity contribution in [1.29, 1.82) is 0 Å². The Kier molecular flexibility index (Phi) is 5.86. The summed E-state index contributed by atoms with van der Waals surface area (Å²) in [6, 6.07) is 16.2. The number of rotatable bonds is 6. The first-order valence-electron chi connectivity index (χ1n) is 10.5. The average molecular weight is 418 g/mol. The third kappa shape index (κ3) is 4.67. The first kappa shape index (κ1) is 20.8. The molecule has 2 atom stereocenters. The number of nitrogens with zero attached hydrogens (tertiary/aromatic N) is 1. The van der Waals surface area contributed by atoms with Crippen LogP contribution in [-0.4, -0.2) is 28.9 Å². The smallest absolute Gasteiger partial charge is 0.242 e. The number of anilines is 1. The van der Waals surface area contributed by atoms with Gasteiger partial charge in [-0.25, -0.2) is 4.98 Å². The molecule has 0 fully saturated rings. The van der Waals surface area contributed by atoms with E-state index >= 15 is 0 Å². The number of benzene rings is 2. The van der Waals surface area contributed by atoms with Crippen molar-refractivity contribution in [3.63, 3.8) is 0 Å². The van der Waals surface area contributed by atoms with E-state index in [2.05, 4.69) is 27.8 Å². The number of carbonyl (C=O) groups is 2. The molecule has 7 heteroatoms.